The predicted molar refractivity (Wildman–Crippen MR) is 97.2 cm³/mol. The van der Waals surface area contributed by atoms with Crippen molar-refractivity contribution in [1.29, 1.82) is 0 Å². The van der Waals surface area contributed by atoms with Gasteiger partial charge in [0.15, 0.2) is 0 Å². The van der Waals surface area contributed by atoms with E-state index in [0.717, 1.165) is 38.5 Å². The van der Waals surface area contributed by atoms with Gasteiger partial charge in [-0.3, -0.25) is 0 Å². The van der Waals surface area contributed by atoms with Crippen molar-refractivity contribution in [2.24, 2.45) is 34.5 Å². The van der Waals surface area contributed by atoms with Gasteiger partial charge >= 0.3 is 0 Å². The molecule has 4 aliphatic carbocycles. The molecule has 0 saturated heterocycles. The standard InChI is InChI=1S/C21H36O5/c1-19-7-5-13(23)9-12(19)3-4-14-15-6-8-21(26,17(25)11-22)20(15,2)10-16(24)18(14)19/h12-18,22-26H,3-11H2,1-2H3/t12-,13-,14-,15-,16-,17-,18+,19-,20-,21-/m0/s1. The summed E-state index contributed by atoms with van der Waals surface area (Å²) in [6.07, 6.45) is 4.70. The van der Waals surface area contributed by atoms with E-state index in [1.165, 1.54) is 0 Å². The first-order valence-corrected chi connectivity index (χ1v) is 10.5. The zero-order valence-corrected chi connectivity index (χ0v) is 16.1. The zero-order chi connectivity index (χ0) is 18.9. The van der Waals surface area contributed by atoms with E-state index < -0.39 is 29.8 Å². The van der Waals surface area contributed by atoms with Crippen LogP contribution in [0, 0.1) is 34.5 Å². The predicted octanol–water partition coefficient (Wildman–Crippen LogP) is 1.45. The molecule has 0 aromatic rings. The maximum absolute atomic E-state index is 11.3. The van der Waals surface area contributed by atoms with Gasteiger partial charge in [-0.25, -0.2) is 0 Å². The quantitative estimate of drug-likeness (QED) is 0.508. The van der Waals surface area contributed by atoms with E-state index in [1.807, 2.05) is 6.92 Å². The van der Waals surface area contributed by atoms with Crippen LogP contribution in [0.15, 0.2) is 0 Å². The van der Waals surface area contributed by atoms with Crippen LogP contribution in [-0.2, 0) is 0 Å². The maximum Gasteiger partial charge on any atom is 0.106 e. The van der Waals surface area contributed by atoms with Crippen LogP contribution in [0.25, 0.3) is 0 Å². The molecule has 4 rings (SSSR count). The van der Waals surface area contributed by atoms with E-state index in [0.29, 0.717) is 24.7 Å². The highest BCUT2D eigenvalue weighted by molar-refractivity contribution is 5.17. The lowest BCUT2D eigenvalue weighted by atomic mass is 9.43. The second-order valence-corrected chi connectivity index (χ2v) is 10.4. The highest BCUT2D eigenvalue weighted by atomic mass is 16.4. The SMILES string of the molecule is C[C@]12CC[C@H](O)C[C@@H]1CC[C@@H]1[C@@H]2[C@@H](O)C[C@@]2(C)[C@H]1CC[C@]2(O)[C@@H](O)CO. The van der Waals surface area contributed by atoms with Crippen molar-refractivity contribution in [3.05, 3.63) is 0 Å². The third kappa shape index (κ3) is 2.33. The Morgan fingerprint density at radius 3 is 2.46 bits per heavy atom. The van der Waals surface area contributed by atoms with Crippen LogP contribution in [0.1, 0.15) is 65.2 Å². The first kappa shape index (κ1) is 19.1. The highest BCUT2D eigenvalue weighted by Crippen LogP contribution is 2.68. The van der Waals surface area contributed by atoms with Crippen molar-refractivity contribution < 1.29 is 25.5 Å². The molecule has 0 amide bonds. The molecule has 5 nitrogen and oxygen atoms in total. The summed E-state index contributed by atoms with van der Waals surface area (Å²) >= 11 is 0. The van der Waals surface area contributed by atoms with E-state index in [9.17, 15) is 25.5 Å². The van der Waals surface area contributed by atoms with E-state index in [4.69, 9.17) is 0 Å². The molecule has 150 valence electrons. The fourth-order valence-electron chi connectivity index (χ4n) is 8.10. The van der Waals surface area contributed by atoms with Gasteiger partial charge in [-0.2, -0.15) is 0 Å². The lowest BCUT2D eigenvalue weighted by Crippen LogP contribution is -2.64. The molecule has 0 unspecified atom stereocenters. The van der Waals surface area contributed by atoms with E-state index in [1.54, 1.807) is 0 Å². The summed E-state index contributed by atoms with van der Waals surface area (Å²) in [5, 5.41) is 52.5. The average Bonchev–Trinajstić information content (AvgIpc) is 2.86. The molecule has 4 fully saturated rings. The zero-order valence-electron chi connectivity index (χ0n) is 16.1. The monoisotopic (exact) mass is 368 g/mol. The van der Waals surface area contributed by atoms with Crippen molar-refractivity contribution in [2.75, 3.05) is 6.61 Å². The number of hydrogen-bond donors (Lipinski definition) is 5. The summed E-state index contributed by atoms with van der Waals surface area (Å²) in [5.74, 6) is 1.29. The van der Waals surface area contributed by atoms with Crippen molar-refractivity contribution in [3.63, 3.8) is 0 Å². The Bertz CT molecular complexity index is 555. The van der Waals surface area contributed by atoms with Gasteiger partial charge in [0.1, 0.15) is 6.10 Å². The number of fused-ring (bicyclic) bond motifs is 5. The molecule has 0 radical (unpaired) electrons. The van der Waals surface area contributed by atoms with E-state index in [-0.39, 0.29) is 23.4 Å². The van der Waals surface area contributed by atoms with Crippen LogP contribution in [0.3, 0.4) is 0 Å². The van der Waals surface area contributed by atoms with Gasteiger partial charge < -0.3 is 25.5 Å². The topological polar surface area (TPSA) is 101 Å². The molecule has 26 heavy (non-hydrogen) atoms. The van der Waals surface area contributed by atoms with Crippen molar-refractivity contribution in [1.82, 2.24) is 0 Å². The molecule has 0 bridgehead atoms. The minimum absolute atomic E-state index is 0.0548. The smallest absolute Gasteiger partial charge is 0.106 e. The van der Waals surface area contributed by atoms with Crippen LogP contribution < -0.4 is 0 Å². The van der Waals surface area contributed by atoms with E-state index >= 15 is 0 Å². The summed E-state index contributed by atoms with van der Waals surface area (Å²) < 4.78 is 0. The molecule has 0 heterocycles. The van der Waals surface area contributed by atoms with Crippen LogP contribution in [-0.4, -0.2) is 56.1 Å². The molecule has 5 heteroatoms. The summed E-state index contributed by atoms with van der Waals surface area (Å²) in [5.41, 5.74) is -1.83. The minimum atomic E-state index is -1.32. The fourth-order valence-corrected chi connectivity index (χ4v) is 8.10. The van der Waals surface area contributed by atoms with Gasteiger partial charge in [0.05, 0.1) is 24.4 Å². The van der Waals surface area contributed by atoms with Gasteiger partial charge in [0.25, 0.3) is 0 Å². The first-order chi connectivity index (χ1) is 12.2. The number of aliphatic hydroxyl groups excluding tert-OH is 4. The fraction of sp³-hybridized carbons (Fsp3) is 1.00. The van der Waals surface area contributed by atoms with Crippen molar-refractivity contribution in [3.8, 4) is 0 Å². The maximum atomic E-state index is 11.3. The van der Waals surface area contributed by atoms with Crippen LogP contribution in [0.4, 0.5) is 0 Å². The van der Waals surface area contributed by atoms with Crippen molar-refractivity contribution >= 4 is 0 Å². The Morgan fingerprint density at radius 2 is 1.77 bits per heavy atom. The summed E-state index contributed by atoms with van der Waals surface area (Å²) in [4.78, 5) is 0. The van der Waals surface area contributed by atoms with Gasteiger partial charge in [0.2, 0.25) is 0 Å². The molecule has 5 N–H and O–H groups in total. The Labute approximate surface area is 156 Å². The van der Waals surface area contributed by atoms with Gasteiger partial charge in [-0.1, -0.05) is 13.8 Å². The normalized spacial score (nSPS) is 57.8. The third-order valence-corrected chi connectivity index (χ3v) is 9.51. The van der Waals surface area contributed by atoms with Crippen LogP contribution in [0.2, 0.25) is 0 Å². The van der Waals surface area contributed by atoms with Crippen molar-refractivity contribution in [2.45, 2.75) is 89.1 Å². The third-order valence-electron chi connectivity index (χ3n) is 9.51. The molecular weight excluding hydrogens is 332 g/mol. The minimum Gasteiger partial charge on any atom is -0.394 e. The lowest BCUT2D eigenvalue weighted by molar-refractivity contribution is -0.224. The molecule has 0 aliphatic heterocycles. The molecule has 4 saturated carbocycles. The summed E-state index contributed by atoms with van der Waals surface area (Å²) in [7, 11) is 0. The second kappa shape index (κ2) is 6.15. The lowest BCUT2D eigenvalue weighted by Gasteiger charge is -2.63. The Hall–Kier alpha value is -0.200. The number of aliphatic hydroxyl groups is 5. The van der Waals surface area contributed by atoms with Gasteiger partial charge in [0, 0.05) is 5.41 Å². The molecule has 0 aromatic carbocycles. The largest absolute Gasteiger partial charge is 0.394 e. The number of hydrogen-bond acceptors (Lipinski definition) is 5. The molecule has 0 spiro atoms. The van der Waals surface area contributed by atoms with Crippen LogP contribution >= 0.6 is 0 Å². The first-order valence-electron chi connectivity index (χ1n) is 10.5. The highest BCUT2D eigenvalue weighted by Gasteiger charge is 2.68. The second-order valence-electron chi connectivity index (χ2n) is 10.4. The summed E-state index contributed by atoms with van der Waals surface area (Å²) in [6, 6.07) is 0. The van der Waals surface area contributed by atoms with E-state index in [2.05, 4.69) is 6.92 Å². The Balaban J connectivity index is 1.68. The van der Waals surface area contributed by atoms with Crippen LogP contribution in [0.5, 0.6) is 0 Å². The van der Waals surface area contributed by atoms with Gasteiger partial charge in [-0.15, -0.1) is 0 Å². The molecular formula is C21H36O5. The molecule has 4 aliphatic rings. The Kier molecular flexibility index (Phi) is 4.52. The van der Waals surface area contributed by atoms with Gasteiger partial charge in [-0.05, 0) is 80.5 Å². The number of rotatable bonds is 2. The average molecular weight is 369 g/mol. The molecule has 10 atom stereocenters. The molecule has 0 aromatic heterocycles. The summed E-state index contributed by atoms with van der Waals surface area (Å²) in [6.45, 7) is 3.89. The Morgan fingerprint density at radius 1 is 1.04 bits per heavy atom.